The van der Waals surface area contributed by atoms with E-state index >= 15 is 0 Å². The van der Waals surface area contributed by atoms with Gasteiger partial charge in [0.05, 0.1) is 16.7 Å². The maximum atomic E-state index is 14.6. The monoisotopic (exact) mass is 389 g/mol. The molecule has 1 spiro atoms. The third-order valence-electron chi connectivity index (χ3n) is 5.42. The highest BCUT2D eigenvalue weighted by Gasteiger charge is 2.82. The van der Waals surface area contributed by atoms with E-state index in [9.17, 15) is 17.2 Å². The number of alkyl halides is 2. The van der Waals surface area contributed by atoms with Crippen molar-refractivity contribution in [1.29, 1.82) is 0 Å². The summed E-state index contributed by atoms with van der Waals surface area (Å²) in [4.78, 5) is 4.14. The molecule has 0 aromatic carbocycles. The van der Waals surface area contributed by atoms with E-state index < -0.39 is 27.5 Å². The van der Waals surface area contributed by atoms with Gasteiger partial charge < -0.3 is 9.05 Å². The van der Waals surface area contributed by atoms with Crippen molar-refractivity contribution in [2.75, 3.05) is 13.1 Å². The predicted octanol–water partition coefficient (Wildman–Crippen LogP) is 1.36. The Bertz CT molecular complexity index is 942. The molecule has 26 heavy (non-hydrogen) atoms. The minimum absolute atomic E-state index is 0.0237. The van der Waals surface area contributed by atoms with Crippen molar-refractivity contribution in [2.45, 2.75) is 38.5 Å². The largest absolute Gasteiger partial charge is 0.361 e. The van der Waals surface area contributed by atoms with E-state index in [-0.39, 0.29) is 37.6 Å². The first-order valence-electron chi connectivity index (χ1n) is 8.00. The molecule has 4 rings (SSSR count). The van der Waals surface area contributed by atoms with Gasteiger partial charge in [0.2, 0.25) is 11.7 Å². The molecule has 2 N–H and O–H groups in total. The zero-order chi connectivity index (χ0) is 18.9. The first-order valence-corrected chi connectivity index (χ1v) is 9.51. The molecule has 142 valence electrons. The molecular weight excluding hydrogens is 372 g/mol. The number of nitrogens with zero attached hydrogens (tertiary/aromatic N) is 4. The van der Waals surface area contributed by atoms with Crippen LogP contribution < -0.4 is 5.14 Å². The Morgan fingerprint density at radius 3 is 2.38 bits per heavy atom. The molecule has 1 saturated heterocycles. The van der Waals surface area contributed by atoms with Crippen LogP contribution in [0.25, 0.3) is 11.4 Å². The molecule has 2 aromatic rings. The highest BCUT2D eigenvalue weighted by Crippen LogP contribution is 2.75. The van der Waals surface area contributed by atoms with Gasteiger partial charge in [-0.25, -0.2) is 13.9 Å². The molecule has 9 nitrogen and oxygen atoms in total. The summed E-state index contributed by atoms with van der Waals surface area (Å²) in [5, 5.41) is 12.7. The lowest BCUT2D eigenvalue weighted by molar-refractivity contribution is 0.0406. The Labute approximate surface area is 147 Å². The number of piperidine rings is 1. The molecule has 1 atom stereocenters. The summed E-state index contributed by atoms with van der Waals surface area (Å²) in [5.41, 5.74) is -0.327. The van der Waals surface area contributed by atoms with Gasteiger partial charge in [0.25, 0.3) is 16.1 Å². The van der Waals surface area contributed by atoms with Gasteiger partial charge in [-0.3, -0.25) is 0 Å². The standard InChI is InChI=1S/C14H17F2N5O4S/c1-7-9(8(2)24-19-7)11-18-12(25-20-11)10-13(14(10,15)16)3-5-21(6-4-13)26(17,22)23/h10H,3-6H2,1-2H3,(H2,17,22,23). The summed E-state index contributed by atoms with van der Waals surface area (Å²) in [6.07, 6.45) is -0.0474. The summed E-state index contributed by atoms with van der Waals surface area (Å²) in [6.45, 7) is 3.24. The molecule has 2 fully saturated rings. The Morgan fingerprint density at radius 2 is 1.85 bits per heavy atom. The second-order valence-corrected chi connectivity index (χ2v) is 8.36. The summed E-state index contributed by atoms with van der Waals surface area (Å²) >= 11 is 0. The third-order valence-corrected chi connectivity index (χ3v) is 6.50. The lowest BCUT2D eigenvalue weighted by atomic mass is 9.91. The number of nitrogens with two attached hydrogens (primary N) is 1. The number of rotatable bonds is 3. The van der Waals surface area contributed by atoms with Gasteiger partial charge >= 0.3 is 0 Å². The van der Waals surface area contributed by atoms with Crippen molar-refractivity contribution in [3.05, 3.63) is 17.3 Å². The van der Waals surface area contributed by atoms with Gasteiger partial charge in [0, 0.05) is 13.1 Å². The molecule has 0 bridgehead atoms. The zero-order valence-corrected chi connectivity index (χ0v) is 14.9. The summed E-state index contributed by atoms with van der Waals surface area (Å²) < 4.78 is 63.1. The van der Waals surface area contributed by atoms with Crippen LogP contribution in [0.1, 0.15) is 36.1 Å². The van der Waals surface area contributed by atoms with Gasteiger partial charge in [-0.15, -0.1) is 0 Å². The van der Waals surface area contributed by atoms with Crippen LogP contribution in [0.15, 0.2) is 9.05 Å². The number of aromatic nitrogens is 3. The van der Waals surface area contributed by atoms with Gasteiger partial charge in [0.15, 0.2) is 0 Å². The highest BCUT2D eigenvalue weighted by atomic mass is 32.2. The predicted molar refractivity (Wildman–Crippen MR) is 83.3 cm³/mol. The van der Waals surface area contributed by atoms with Crippen LogP contribution in [0, 0.1) is 19.3 Å². The van der Waals surface area contributed by atoms with Crippen molar-refractivity contribution in [3.63, 3.8) is 0 Å². The number of halogens is 2. The van der Waals surface area contributed by atoms with Crippen LogP contribution in [-0.2, 0) is 10.2 Å². The van der Waals surface area contributed by atoms with Crippen LogP contribution >= 0.6 is 0 Å². The van der Waals surface area contributed by atoms with Gasteiger partial charge in [0.1, 0.15) is 11.7 Å². The lowest BCUT2D eigenvalue weighted by Gasteiger charge is -2.30. The molecule has 1 aliphatic heterocycles. The van der Waals surface area contributed by atoms with Crippen molar-refractivity contribution in [1.82, 2.24) is 19.6 Å². The average Bonchev–Trinajstić information content (AvgIpc) is 2.94. The van der Waals surface area contributed by atoms with Crippen molar-refractivity contribution in [2.24, 2.45) is 10.6 Å². The normalized spacial score (nSPS) is 24.9. The molecule has 2 aromatic heterocycles. The summed E-state index contributed by atoms with van der Waals surface area (Å²) in [5.74, 6) is -3.82. The van der Waals surface area contributed by atoms with Crippen molar-refractivity contribution < 1.29 is 26.2 Å². The second-order valence-electron chi connectivity index (χ2n) is 6.81. The van der Waals surface area contributed by atoms with Crippen LogP contribution in [0.5, 0.6) is 0 Å². The van der Waals surface area contributed by atoms with E-state index in [1.54, 1.807) is 13.8 Å². The van der Waals surface area contributed by atoms with E-state index in [1.165, 1.54) is 0 Å². The lowest BCUT2D eigenvalue weighted by Crippen LogP contribution is -2.43. The molecule has 3 heterocycles. The quantitative estimate of drug-likeness (QED) is 0.839. The molecule has 2 aliphatic rings. The Hall–Kier alpha value is -1.92. The average molecular weight is 389 g/mol. The molecule has 1 saturated carbocycles. The van der Waals surface area contributed by atoms with Crippen LogP contribution in [-0.4, -0.2) is 47.0 Å². The number of hydrogen-bond acceptors (Lipinski definition) is 7. The third kappa shape index (κ3) is 2.32. The molecule has 1 aliphatic carbocycles. The fraction of sp³-hybridized carbons (Fsp3) is 0.643. The van der Waals surface area contributed by atoms with Gasteiger partial charge in [-0.2, -0.15) is 17.7 Å². The Kier molecular flexibility index (Phi) is 3.57. The van der Waals surface area contributed by atoms with Gasteiger partial charge in [-0.1, -0.05) is 10.3 Å². The van der Waals surface area contributed by atoms with E-state index in [0.29, 0.717) is 17.0 Å². The van der Waals surface area contributed by atoms with Crippen LogP contribution in [0.4, 0.5) is 8.78 Å². The first kappa shape index (κ1) is 17.5. The molecule has 1 unspecified atom stereocenters. The van der Waals surface area contributed by atoms with Crippen molar-refractivity contribution >= 4 is 10.2 Å². The number of hydrogen-bond donors (Lipinski definition) is 1. The van der Waals surface area contributed by atoms with E-state index in [4.69, 9.17) is 14.2 Å². The number of aryl methyl sites for hydroxylation is 2. The molecular formula is C14H17F2N5O4S. The van der Waals surface area contributed by atoms with Gasteiger partial charge in [-0.05, 0) is 26.7 Å². The van der Waals surface area contributed by atoms with E-state index in [2.05, 4.69) is 15.3 Å². The second kappa shape index (κ2) is 5.30. The minimum atomic E-state index is -3.88. The Balaban J connectivity index is 1.60. The molecule has 0 amide bonds. The minimum Gasteiger partial charge on any atom is -0.361 e. The molecule has 12 heteroatoms. The summed E-state index contributed by atoms with van der Waals surface area (Å²) in [7, 11) is -3.88. The fourth-order valence-corrected chi connectivity index (χ4v) is 4.61. The zero-order valence-electron chi connectivity index (χ0n) is 14.1. The maximum Gasteiger partial charge on any atom is 0.276 e. The first-order chi connectivity index (χ1) is 12.1. The van der Waals surface area contributed by atoms with Crippen LogP contribution in [0.3, 0.4) is 0 Å². The van der Waals surface area contributed by atoms with Crippen molar-refractivity contribution in [3.8, 4) is 11.4 Å². The SMILES string of the molecule is Cc1noc(C)c1-c1noc(C2C(F)(F)C23CCN(S(N)(=O)=O)CC3)n1. The molecule has 0 radical (unpaired) electrons. The smallest absolute Gasteiger partial charge is 0.276 e. The fourth-order valence-electron chi connectivity index (χ4n) is 3.92. The maximum absolute atomic E-state index is 14.6. The summed E-state index contributed by atoms with van der Waals surface area (Å²) in [6, 6.07) is 0. The van der Waals surface area contributed by atoms with E-state index in [0.717, 1.165) is 4.31 Å². The topological polar surface area (TPSA) is 128 Å². The van der Waals surface area contributed by atoms with E-state index in [1.807, 2.05) is 0 Å². The Morgan fingerprint density at radius 1 is 1.19 bits per heavy atom. The highest BCUT2D eigenvalue weighted by molar-refractivity contribution is 7.86. The van der Waals surface area contributed by atoms with Crippen LogP contribution in [0.2, 0.25) is 0 Å².